The molecule has 0 saturated carbocycles. The summed E-state index contributed by atoms with van der Waals surface area (Å²) in [5.74, 6) is 0.222. The van der Waals surface area contributed by atoms with Crippen LogP contribution in [0.15, 0.2) is 0 Å². The van der Waals surface area contributed by atoms with E-state index in [2.05, 4.69) is 10.2 Å². The van der Waals surface area contributed by atoms with Gasteiger partial charge in [0.2, 0.25) is 5.91 Å². The number of nitrogens with one attached hydrogen (secondary N) is 1. The monoisotopic (exact) mass is 199 g/mol. The summed E-state index contributed by atoms with van der Waals surface area (Å²) in [6, 6.07) is 0. The number of likely N-dealkylation sites (N-methyl/N-ethyl adjacent to an activating group) is 2. The molecule has 4 heteroatoms. The van der Waals surface area contributed by atoms with E-state index in [9.17, 15) is 4.79 Å². The summed E-state index contributed by atoms with van der Waals surface area (Å²) in [5, 5.41) is 3.11. The lowest BCUT2D eigenvalue weighted by Gasteiger charge is -2.44. The lowest BCUT2D eigenvalue weighted by Crippen LogP contribution is -2.62. The molecule has 0 spiro atoms. The molecule has 0 aromatic rings. The van der Waals surface area contributed by atoms with Gasteiger partial charge in [-0.15, -0.1) is 0 Å². The zero-order valence-electron chi connectivity index (χ0n) is 9.63. The minimum absolute atomic E-state index is 0.222. The lowest BCUT2D eigenvalue weighted by molar-refractivity contribution is -0.146. The minimum Gasteiger partial charge on any atom is -0.343 e. The average Bonchev–Trinajstić information content (AvgIpc) is 2.14. The van der Waals surface area contributed by atoms with Gasteiger partial charge in [-0.3, -0.25) is 9.69 Å². The molecule has 1 aliphatic rings. The van der Waals surface area contributed by atoms with E-state index >= 15 is 0 Å². The second-order valence-electron chi connectivity index (χ2n) is 4.38. The van der Waals surface area contributed by atoms with E-state index < -0.39 is 0 Å². The molecule has 0 unspecified atom stereocenters. The molecule has 0 bridgehead atoms. The van der Waals surface area contributed by atoms with E-state index in [0.29, 0.717) is 0 Å². The maximum absolute atomic E-state index is 11.9. The third-order valence-corrected chi connectivity index (χ3v) is 3.00. The molecule has 1 saturated heterocycles. The van der Waals surface area contributed by atoms with Crippen LogP contribution in [-0.4, -0.2) is 61.5 Å². The number of rotatable bonds is 3. The average molecular weight is 199 g/mol. The Bertz CT molecular complexity index is 213. The summed E-state index contributed by atoms with van der Waals surface area (Å²) in [6.45, 7) is 7.67. The molecular formula is C10H21N3O. The molecule has 1 fully saturated rings. The number of amides is 1. The van der Waals surface area contributed by atoms with Crippen LogP contribution in [0.1, 0.15) is 13.8 Å². The molecule has 1 rings (SSSR count). The number of carbonyl (C=O) groups excluding carboxylic acids is 1. The van der Waals surface area contributed by atoms with Crippen molar-refractivity contribution in [1.82, 2.24) is 15.1 Å². The van der Waals surface area contributed by atoms with Crippen molar-refractivity contribution in [3.8, 4) is 0 Å². The first kappa shape index (κ1) is 11.5. The van der Waals surface area contributed by atoms with Crippen molar-refractivity contribution in [2.45, 2.75) is 19.4 Å². The fraction of sp³-hybridized carbons (Fsp3) is 0.900. The highest BCUT2D eigenvalue weighted by molar-refractivity contribution is 5.86. The van der Waals surface area contributed by atoms with Crippen LogP contribution < -0.4 is 5.32 Å². The molecule has 1 heterocycles. The number of nitrogens with zero attached hydrogens (tertiary/aromatic N) is 2. The molecule has 0 aliphatic carbocycles. The van der Waals surface area contributed by atoms with Gasteiger partial charge in [-0.05, 0) is 20.9 Å². The maximum Gasteiger partial charge on any atom is 0.242 e. The van der Waals surface area contributed by atoms with Gasteiger partial charge >= 0.3 is 0 Å². The van der Waals surface area contributed by atoms with Crippen molar-refractivity contribution < 1.29 is 4.79 Å². The summed E-state index contributed by atoms with van der Waals surface area (Å²) < 4.78 is 0. The molecule has 14 heavy (non-hydrogen) atoms. The predicted molar refractivity (Wildman–Crippen MR) is 57.2 cm³/mol. The highest BCUT2D eigenvalue weighted by Gasteiger charge is 2.39. The number of hydrogen-bond acceptors (Lipinski definition) is 3. The van der Waals surface area contributed by atoms with Crippen molar-refractivity contribution in [1.29, 1.82) is 0 Å². The SMILES string of the molecule is CNCCN1CCN(C)C(=O)C1(C)C. The van der Waals surface area contributed by atoms with Crippen LogP contribution in [0.3, 0.4) is 0 Å². The van der Waals surface area contributed by atoms with Gasteiger partial charge in [-0.1, -0.05) is 0 Å². The highest BCUT2D eigenvalue weighted by Crippen LogP contribution is 2.20. The Hall–Kier alpha value is -0.610. The van der Waals surface area contributed by atoms with E-state index in [1.807, 2.05) is 32.8 Å². The van der Waals surface area contributed by atoms with Crippen LogP contribution >= 0.6 is 0 Å². The summed E-state index contributed by atoms with van der Waals surface area (Å²) in [5.41, 5.74) is -0.343. The number of piperazine rings is 1. The largest absolute Gasteiger partial charge is 0.343 e. The standard InChI is InChI=1S/C10H21N3O/c1-10(2)9(14)12(4)7-8-13(10)6-5-11-3/h11H,5-8H2,1-4H3. The summed E-state index contributed by atoms with van der Waals surface area (Å²) in [6.07, 6.45) is 0. The van der Waals surface area contributed by atoms with Gasteiger partial charge in [0.1, 0.15) is 0 Å². The first-order valence-electron chi connectivity index (χ1n) is 5.15. The fourth-order valence-corrected chi connectivity index (χ4v) is 1.89. The summed E-state index contributed by atoms with van der Waals surface area (Å²) in [7, 11) is 3.81. The first-order valence-corrected chi connectivity index (χ1v) is 5.15. The van der Waals surface area contributed by atoms with Gasteiger partial charge in [0, 0.05) is 33.2 Å². The quantitative estimate of drug-likeness (QED) is 0.681. The van der Waals surface area contributed by atoms with E-state index in [4.69, 9.17) is 0 Å². The maximum atomic E-state index is 11.9. The Kier molecular flexibility index (Phi) is 3.50. The summed E-state index contributed by atoms with van der Waals surface area (Å²) >= 11 is 0. The zero-order valence-corrected chi connectivity index (χ0v) is 9.63. The van der Waals surface area contributed by atoms with Gasteiger partial charge in [-0.2, -0.15) is 0 Å². The Labute approximate surface area is 86.2 Å². The van der Waals surface area contributed by atoms with Gasteiger partial charge in [0.25, 0.3) is 0 Å². The normalized spacial score (nSPS) is 22.9. The van der Waals surface area contributed by atoms with E-state index in [0.717, 1.165) is 26.2 Å². The van der Waals surface area contributed by atoms with E-state index in [1.54, 1.807) is 0 Å². The Morgan fingerprint density at radius 1 is 1.43 bits per heavy atom. The van der Waals surface area contributed by atoms with Gasteiger partial charge in [0.05, 0.1) is 5.54 Å². The van der Waals surface area contributed by atoms with E-state index in [1.165, 1.54) is 0 Å². The molecule has 1 amide bonds. The Morgan fingerprint density at radius 2 is 2.07 bits per heavy atom. The van der Waals surface area contributed by atoms with E-state index in [-0.39, 0.29) is 11.4 Å². The Morgan fingerprint density at radius 3 is 2.64 bits per heavy atom. The molecule has 0 aromatic heterocycles. The van der Waals surface area contributed by atoms with Crippen LogP contribution in [0.2, 0.25) is 0 Å². The summed E-state index contributed by atoms with van der Waals surface area (Å²) in [4.78, 5) is 15.9. The number of carbonyl (C=O) groups is 1. The smallest absolute Gasteiger partial charge is 0.242 e. The third-order valence-electron chi connectivity index (χ3n) is 3.00. The van der Waals surface area contributed by atoms with Crippen molar-refractivity contribution >= 4 is 5.91 Å². The molecule has 0 atom stereocenters. The van der Waals surface area contributed by atoms with Gasteiger partial charge in [-0.25, -0.2) is 0 Å². The van der Waals surface area contributed by atoms with Gasteiger partial charge < -0.3 is 10.2 Å². The first-order chi connectivity index (χ1) is 6.50. The van der Waals surface area contributed by atoms with Crippen LogP contribution in [0, 0.1) is 0 Å². The third kappa shape index (κ3) is 2.07. The molecule has 0 radical (unpaired) electrons. The van der Waals surface area contributed by atoms with Crippen LogP contribution in [0.25, 0.3) is 0 Å². The second-order valence-corrected chi connectivity index (χ2v) is 4.38. The van der Waals surface area contributed by atoms with Crippen LogP contribution in [-0.2, 0) is 4.79 Å². The van der Waals surface area contributed by atoms with Crippen molar-refractivity contribution in [2.75, 3.05) is 40.3 Å². The second kappa shape index (κ2) is 4.28. The topological polar surface area (TPSA) is 35.6 Å². The minimum atomic E-state index is -0.343. The molecule has 4 nitrogen and oxygen atoms in total. The van der Waals surface area contributed by atoms with Crippen molar-refractivity contribution in [3.63, 3.8) is 0 Å². The van der Waals surface area contributed by atoms with Crippen molar-refractivity contribution in [2.24, 2.45) is 0 Å². The highest BCUT2D eigenvalue weighted by atomic mass is 16.2. The molecule has 82 valence electrons. The predicted octanol–water partition coefficient (Wildman–Crippen LogP) is -0.242. The molecule has 0 aromatic carbocycles. The van der Waals surface area contributed by atoms with Crippen LogP contribution in [0.4, 0.5) is 0 Å². The zero-order chi connectivity index (χ0) is 10.8. The molecule has 1 N–H and O–H groups in total. The molecule has 1 aliphatic heterocycles. The molecular weight excluding hydrogens is 178 g/mol. The van der Waals surface area contributed by atoms with Crippen LogP contribution in [0.5, 0.6) is 0 Å². The van der Waals surface area contributed by atoms with Crippen molar-refractivity contribution in [3.05, 3.63) is 0 Å². The number of hydrogen-bond donors (Lipinski definition) is 1. The van der Waals surface area contributed by atoms with Gasteiger partial charge in [0.15, 0.2) is 0 Å². The Balaban J connectivity index is 2.64. The fourth-order valence-electron chi connectivity index (χ4n) is 1.89. The lowest BCUT2D eigenvalue weighted by atomic mass is 9.98.